The molecule has 90 valence electrons. The third kappa shape index (κ3) is 1.98. The van der Waals surface area contributed by atoms with Gasteiger partial charge in [-0.05, 0) is 43.0 Å². The number of aromatic nitrogens is 1. The zero-order valence-electron chi connectivity index (χ0n) is 10.7. The fraction of sp³-hybridized carbons (Fsp3) is 0.357. The van der Waals surface area contributed by atoms with E-state index in [2.05, 4.69) is 49.4 Å². The molecule has 0 spiro atoms. The number of anilines is 1. The number of fused-ring (bicyclic) bond motifs is 1. The average Bonchev–Trinajstić information content (AvgIpc) is 2.37. The van der Waals surface area contributed by atoms with Gasteiger partial charge in [-0.15, -0.1) is 0 Å². The Bertz CT molecular complexity index is 547. The minimum atomic E-state index is 0.923. The van der Waals surface area contributed by atoms with Gasteiger partial charge in [-0.25, -0.2) is 0 Å². The summed E-state index contributed by atoms with van der Waals surface area (Å²) < 4.78 is 0. The molecule has 0 unspecified atom stereocenters. The van der Waals surface area contributed by atoms with Crippen LogP contribution in [-0.4, -0.2) is 4.98 Å². The minimum absolute atomic E-state index is 0.923. The lowest BCUT2D eigenvalue weighted by Gasteiger charge is -2.13. The molecule has 0 amide bonds. The number of pyridine rings is 1. The van der Waals surface area contributed by atoms with Crippen LogP contribution in [0.15, 0.2) is 18.2 Å². The summed E-state index contributed by atoms with van der Waals surface area (Å²) in [5, 5.41) is 1.11. The number of nitrogens with one attached hydrogen (secondary N) is 1. The SMILES string of the molecule is CCc1ccc2nc(CC)c(C)c(NN)c2c1. The first kappa shape index (κ1) is 11.9. The summed E-state index contributed by atoms with van der Waals surface area (Å²) in [6, 6.07) is 6.38. The van der Waals surface area contributed by atoms with Crippen molar-refractivity contribution in [3.8, 4) is 0 Å². The molecule has 0 atom stereocenters. The van der Waals surface area contributed by atoms with Crippen molar-refractivity contribution >= 4 is 16.6 Å². The number of nitrogens with zero attached hydrogens (tertiary/aromatic N) is 1. The summed E-state index contributed by atoms with van der Waals surface area (Å²) in [5.74, 6) is 5.65. The molecular weight excluding hydrogens is 210 g/mol. The Kier molecular flexibility index (Phi) is 3.29. The maximum Gasteiger partial charge on any atom is 0.0726 e. The van der Waals surface area contributed by atoms with Crippen LogP contribution in [0.2, 0.25) is 0 Å². The van der Waals surface area contributed by atoms with Gasteiger partial charge < -0.3 is 5.43 Å². The highest BCUT2D eigenvalue weighted by molar-refractivity contribution is 5.93. The van der Waals surface area contributed by atoms with E-state index in [0.29, 0.717) is 0 Å². The fourth-order valence-electron chi connectivity index (χ4n) is 2.21. The van der Waals surface area contributed by atoms with Gasteiger partial charge in [0.25, 0.3) is 0 Å². The number of hydrazine groups is 1. The lowest BCUT2D eigenvalue weighted by Crippen LogP contribution is -2.11. The standard InChI is InChI=1S/C14H19N3/c1-4-10-6-7-13-11(8-10)14(17-15)9(3)12(5-2)16-13/h6-8H,4-5,15H2,1-3H3,(H,16,17). The van der Waals surface area contributed by atoms with Gasteiger partial charge >= 0.3 is 0 Å². The number of nitrogen functional groups attached to an aromatic ring is 1. The molecule has 3 nitrogen and oxygen atoms in total. The number of benzene rings is 1. The topological polar surface area (TPSA) is 50.9 Å². The van der Waals surface area contributed by atoms with Crippen LogP contribution in [0, 0.1) is 6.92 Å². The smallest absolute Gasteiger partial charge is 0.0726 e. The maximum absolute atomic E-state index is 5.65. The van der Waals surface area contributed by atoms with Crippen LogP contribution in [0.3, 0.4) is 0 Å². The fourth-order valence-corrected chi connectivity index (χ4v) is 2.21. The molecule has 0 aliphatic carbocycles. The van der Waals surface area contributed by atoms with Crippen LogP contribution in [0.4, 0.5) is 5.69 Å². The van der Waals surface area contributed by atoms with Gasteiger partial charge in [-0.3, -0.25) is 10.8 Å². The van der Waals surface area contributed by atoms with E-state index >= 15 is 0 Å². The van der Waals surface area contributed by atoms with Crippen LogP contribution >= 0.6 is 0 Å². The summed E-state index contributed by atoms with van der Waals surface area (Å²) in [5.41, 5.74) is 8.40. The molecule has 0 aliphatic rings. The van der Waals surface area contributed by atoms with Gasteiger partial charge in [0.05, 0.1) is 11.2 Å². The zero-order chi connectivity index (χ0) is 12.4. The third-order valence-electron chi connectivity index (χ3n) is 3.28. The highest BCUT2D eigenvalue weighted by Crippen LogP contribution is 2.28. The molecular formula is C14H19N3. The van der Waals surface area contributed by atoms with Crippen molar-refractivity contribution in [1.29, 1.82) is 0 Å². The first-order valence-corrected chi connectivity index (χ1v) is 6.10. The van der Waals surface area contributed by atoms with Gasteiger partial charge in [-0.2, -0.15) is 0 Å². The number of aryl methyl sites for hydroxylation is 2. The highest BCUT2D eigenvalue weighted by Gasteiger charge is 2.10. The number of hydrogen-bond donors (Lipinski definition) is 2. The van der Waals surface area contributed by atoms with Gasteiger partial charge in [0.2, 0.25) is 0 Å². The zero-order valence-corrected chi connectivity index (χ0v) is 10.7. The first-order chi connectivity index (χ1) is 8.21. The molecule has 0 fully saturated rings. The van der Waals surface area contributed by atoms with E-state index in [-0.39, 0.29) is 0 Å². The Labute approximate surface area is 102 Å². The average molecular weight is 229 g/mol. The van der Waals surface area contributed by atoms with Crippen molar-refractivity contribution < 1.29 is 0 Å². The second-order valence-corrected chi connectivity index (χ2v) is 4.26. The molecule has 0 bridgehead atoms. The predicted molar refractivity (Wildman–Crippen MR) is 73.0 cm³/mol. The number of nitrogens with two attached hydrogens (primary N) is 1. The second kappa shape index (κ2) is 4.72. The maximum atomic E-state index is 5.65. The molecule has 3 heteroatoms. The second-order valence-electron chi connectivity index (χ2n) is 4.26. The Morgan fingerprint density at radius 3 is 2.59 bits per heavy atom. The summed E-state index contributed by atoms with van der Waals surface area (Å²) in [4.78, 5) is 4.68. The molecule has 0 aliphatic heterocycles. The molecule has 3 N–H and O–H groups in total. The van der Waals surface area contributed by atoms with E-state index < -0.39 is 0 Å². The molecule has 1 aromatic heterocycles. The van der Waals surface area contributed by atoms with E-state index in [9.17, 15) is 0 Å². The number of rotatable bonds is 3. The minimum Gasteiger partial charge on any atom is -0.323 e. The van der Waals surface area contributed by atoms with Crippen molar-refractivity contribution in [2.75, 3.05) is 5.43 Å². The Balaban J connectivity index is 2.78. The molecule has 2 aromatic rings. The van der Waals surface area contributed by atoms with Crippen molar-refractivity contribution in [2.24, 2.45) is 5.84 Å². The monoisotopic (exact) mass is 229 g/mol. The summed E-state index contributed by atoms with van der Waals surface area (Å²) in [7, 11) is 0. The molecule has 0 radical (unpaired) electrons. The van der Waals surface area contributed by atoms with Crippen LogP contribution < -0.4 is 11.3 Å². The normalized spacial score (nSPS) is 10.8. The molecule has 2 rings (SSSR count). The number of hydrogen-bond acceptors (Lipinski definition) is 3. The lowest BCUT2D eigenvalue weighted by atomic mass is 10.0. The van der Waals surface area contributed by atoms with Crippen LogP contribution in [0.25, 0.3) is 10.9 Å². The summed E-state index contributed by atoms with van der Waals surface area (Å²) in [6.45, 7) is 6.33. The Hall–Kier alpha value is -1.61. The quantitative estimate of drug-likeness (QED) is 0.628. The largest absolute Gasteiger partial charge is 0.323 e. The Morgan fingerprint density at radius 2 is 2.00 bits per heavy atom. The van der Waals surface area contributed by atoms with Crippen molar-refractivity contribution in [3.05, 3.63) is 35.0 Å². The molecule has 17 heavy (non-hydrogen) atoms. The van der Waals surface area contributed by atoms with Gasteiger partial charge in [-0.1, -0.05) is 19.9 Å². The molecule has 1 heterocycles. The van der Waals surface area contributed by atoms with Crippen molar-refractivity contribution in [3.63, 3.8) is 0 Å². The van der Waals surface area contributed by atoms with E-state index in [4.69, 9.17) is 5.84 Å². The first-order valence-electron chi connectivity index (χ1n) is 6.10. The van der Waals surface area contributed by atoms with Crippen molar-refractivity contribution in [1.82, 2.24) is 4.98 Å². The van der Waals surface area contributed by atoms with Crippen LogP contribution in [0.5, 0.6) is 0 Å². The van der Waals surface area contributed by atoms with E-state index in [1.807, 2.05) is 0 Å². The van der Waals surface area contributed by atoms with Crippen LogP contribution in [0.1, 0.15) is 30.7 Å². The molecule has 1 aromatic carbocycles. The van der Waals surface area contributed by atoms with Crippen LogP contribution in [-0.2, 0) is 12.8 Å². The molecule has 0 saturated heterocycles. The van der Waals surface area contributed by atoms with Gasteiger partial charge in [0.1, 0.15) is 0 Å². The lowest BCUT2D eigenvalue weighted by molar-refractivity contribution is 1.03. The predicted octanol–water partition coefficient (Wildman–Crippen LogP) is 2.95. The van der Waals surface area contributed by atoms with E-state index in [1.165, 1.54) is 5.56 Å². The van der Waals surface area contributed by atoms with Gasteiger partial charge in [0.15, 0.2) is 0 Å². The summed E-state index contributed by atoms with van der Waals surface area (Å²) in [6.07, 6.45) is 1.94. The highest BCUT2D eigenvalue weighted by atomic mass is 15.2. The third-order valence-corrected chi connectivity index (χ3v) is 3.28. The molecule has 0 saturated carbocycles. The van der Waals surface area contributed by atoms with E-state index in [0.717, 1.165) is 40.7 Å². The summed E-state index contributed by atoms with van der Waals surface area (Å²) >= 11 is 0. The van der Waals surface area contributed by atoms with Gasteiger partial charge in [0, 0.05) is 11.1 Å². The van der Waals surface area contributed by atoms with E-state index in [1.54, 1.807) is 0 Å². The van der Waals surface area contributed by atoms with Crippen molar-refractivity contribution in [2.45, 2.75) is 33.6 Å². The Morgan fingerprint density at radius 1 is 1.24 bits per heavy atom.